The van der Waals surface area contributed by atoms with Gasteiger partial charge in [-0.2, -0.15) is 0 Å². The zero-order valence-corrected chi connectivity index (χ0v) is 8.46. The van der Waals surface area contributed by atoms with Gasteiger partial charge in [-0.15, -0.1) is 5.12 Å². The Morgan fingerprint density at radius 1 is 1.17 bits per heavy atom. The summed E-state index contributed by atoms with van der Waals surface area (Å²) in [7, 11) is 5.75. The van der Waals surface area contributed by atoms with Gasteiger partial charge in [0.2, 0.25) is 0 Å². The van der Waals surface area contributed by atoms with E-state index in [1.54, 1.807) is 7.11 Å². The van der Waals surface area contributed by atoms with Gasteiger partial charge < -0.3 is 4.74 Å². The van der Waals surface area contributed by atoms with Gasteiger partial charge in [0, 0.05) is 26.9 Å². The molecule has 0 amide bonds. The topological polar surface area (TPSA) is 19.0 Å². The zero-order valence-electron chi connectivity index (χ0n) is 8.46. The summed E-state index contributed by atoms with van der Waals surface area (Å²) >= 11 is 0. The van der Waals surface area contributed by atoms with E-state index in [-0.39, 0.29) is 0 Å². The van der Waals surface area contributed by atoms with Crippen LogP contribution >= 0.6 is 0 Å². The first kappa shape index (κ1) is 9.35. The van der Waals surface area contributed by atoms with Gasteiger partial charge in [0.1, 0.15) is 6.73 Å². The van der Waals surface area contributed by atoms with Crippen LogP contribution in [0.15, 0.2) is 11.4 Å². The monoisotopic (exact) mass is 171 g/mol. The third kappa shape index (κ3) is 1.28. The first-order valence-corrected chi connectivity index (χ1v) is 4.00. The number of hydrogen-bond acceptors (Lipinski definition) is 4. The van der Waals surface area contributed by atoms with Gasteiger partial charge in [0.25, 0.3) is 0 Å². The fraction of sp³-hybridized carbons (Fsp3) is 0.750. The lowest BCUT2D eigenvalue weighted by atomic mass is 10.4. The smallest absolute Gasteiger partial charge is 0.134 e. The Kier molecular flexibility index (Phi) is 2.59. The molecule has 4 nitrogen and oxygen atoms in total. The largest absolute Gasteiger partial charge is 0.363 e. The number of hydrazine groups is 2. The molecule has 1 heterocycles. The molecule has 0 fully saturated rings. The minimum Gasteiger partial charge on any atom is -0.363 e. The third-order valence-corrected chi connectivity index (χ3v) is 2.43. The van der Waals surface area contributed by atoms with E-state index < -0.39 is 0 Å². The van der Waals surface area contributed by atoms with E-state index in [0.29, 0.717) is 6.73 Å². The van der Waals surface area contributed by atoms with E-state index in [2.05, 4.69) is 23.9 Å². The summed E-state index contributed by atoms with van der Waals surface area (Å²) < 4.78 is 5.09. The minimum atomic E-state index is 0.601. The highest BCUT2D eigenvalue weighted by Crippen LogP contribution is 2.23. The molecular weight excluding hydrogens is 154 g/mol. The Balaban J connectivity index is 2.76. The van der Waals surface area contributed by atoms with Gasteiger partial charge >= 0.3 is 0 Å². The van der Waals surface area contributed by atoms with E-state index in [9.17, 15) is 0 Å². The maximum atomic E-state index is 5.09. The summed E-state index contributed by atoms with van der Waals surface area (Å²) in [5.41, 5.74) is 2.50. The fourth-order valence-electron chi connectivity index (χ4n) is 1.32. The van der Waals surface area contributed by atoms with Crippen LogP contribution in [-0.2, 0) is 4.74 Å². The second kappa shape index (κ2) is 3.33. The highest BCUT2D eigenvalue weighted by atomic mass is 16.5. The molecule has 12 heavy (non-hydrogen) atoms. The molecule has 0 aromatic heterocycles. The molecule has 1 aliphatic heterocycles. The van der Waals surface area contributed by atoms with Crippen LogP contribution in [-0.4, -0.2) is 43.1 Å². The van der Waals surface area contributed by atoms with Gasteiger partial charge in [-0.1, -0.05) is 0 Å². The molecule has 1 rings (SSSR count). The van der Waals surface area contributed by atoms with Crippen LogP contribution in [0.5, 0.6) is 0 Å². The summed E-state index contributed by atoms with van der Waals surface area (Å²) in [6.07, 6.45) is 0. The van der Waals surface area contributed by atoms with E-state index >= 15 is 0 Å². The van der Waals surface area contributed by atoms with Crippen LogP contribution in [0.1, 0.15) is 13.8 Å². The zero-order chi connectivity index (χ0) is 9.30. The first-order chi connectivity index (χ1) is 5.59. The summed E-state index contributed by atoms with van der Waals surface area (Å²) in [5.74, 6) is 0. The maximum absolute atomic E-state index is 5.09. The summed E-state index contributed by atoms with van der Waals surface area (Å²) in [6, 6.07) is 0. The molecule has 0 radical (unpaired) electrons. The average molecular weight is 171 g/mol. The van der Waals surface area contributed by atoms with E-state index in [0.717, 1.165) is 0 Å². The minimum absolute atomic E-state index is 0.601. The molecule has 0 unspecified atom stereocenters. The van der Waals surface area contributed by atoms with Gasteiger partial charge in [-0.3, -0.25) is 10.0 Å². The van der Waals surface area contributed by atoms with Crippen molar-refractivity contribution in [2.24, 2.45) is 0 Å². The van der Waals surface area contributed by atoms with Crippen LogP contribution in [0.3, 0.4) is 0 Å². The van der Waals surface area contributed by atoms with Crippen LogP contribution in [0.2, 0.25) is 0 Å². The Bertz CT molecular complexity index is 202. The molecule has 1 aliphatic rings. The second-order valence-electron chi connectivity index (χ2n) is 3.00. The lowest BCUT2D eigenvalue weighted by Crippen LogP contribution is -2.41. The maximum Gasteiger partial charge on any atom is 0.134 e. The SMILES string of the molecule is COCN1C(C)=C(C)N(C)N1C. The van der Waals surface area contributed by atoms with E-state index in [1.165, 1.54) is 11.4 Å². The normalized spacial score (nSPS) is 19.8. The van der Waals surface area contributed by atoms with Crippen molar-refractivity contribution in [2.45, 2.75) is 13.8 Å². The van der Waals surface area contributed by atoms with Crippen molar-refractivity contribution < 1.29 is 4.74 Å². The average Bonchev–Trinajstić information content (AvgIpc) is 2.23. The predicted molar refractivity (Wildman–Crippen MR) is 47.6 cm³/mol. The van der Waals surface area contributed by atoms with Gasteiger partial charge in [0.15, 0.2) is 0 Å². The molecule has 0 atom stereocenters. The number of allylic oxidation sites excluding steroid dienone is 2. The Morgan fingerprint density at radius 3 is 2.08 bits per heavy atom. The highest BCUT2D eigenvalue weighted by Gasteiger charge is 2.25. The highest BCUT2D eigenvalue weighted by molar-refractivity contribution is 5.09. The van der Waals surface area contributed by atoms with Crippen molar-refractivity contribution in [3.63, 3.8) is 0 Å². The third-order valence-electron chi connectivity index (χ3n) is 2.43. The van der Waals surface area contributed by atoms with Crippen LogP contribution in [0.4, 0.5) is 0 Å². The number of hydrogen-bond donors (Lipinski definition) is 0. The number of rotatable bonds is 2. The van der Waals surface area contributed by atoms with E-state index in [1.807, 2.05) is 19.2 Å². The van der Waals surface area contributed by atoms with Gasteiger partial charge in [0.05, 0.1) is 5.70 Å². The lowest BCUT2D eigenvalue weighted by molar-refractivity contribution is -0.125. The molecular formula is C8H17N3O. The lowest BCUT2D eigenvalue weighted by Gasteiger charge is -2.31. The van der Waals surface area contributed by atoms with Crippen LogP contribution in [0.25, 0.3) is 0 Å². The fourth-order valence-corrected chi connectivity index (χ4v) is 1.32. The first-order valence-electron chi connectivity index (χ1n) is 4.00. The predicted octanol–water partition coefficient (Wildman–Crippen LogP) is 0.851. The summed E-state index contributed by atoms with van der Waals surface area (Å²) in [4.78, 5) is 0. The van der Waals surface area contributed by atoms with Crippen LogP contribution in [0, 0.1) is 0 Å². The molecule has 4 heteroatoms. The van der Waals surface area contributed by atoms with Crippen molar-refractivity contribution in [1.82, 2.24) is 15.1 Å². The van der Waals surface area contributed by atoms with Gasteiger partial charge in [-0.25, -0.2) is 0 Å². The van der Waals surface area contributed by atoms with Crippen molar-refractivity contribution >= 4 is 0 Å². The summed E-state index contributed by atoms with van der Waals surface area (Å²) in [5, 5.41) is 6.21. The molecule has 0 N–H and O–H groups in total. The molecule has 0 aromatic rings. The standard InChI is InChI=1S/C8H17N3O/c1-7-8(2)11(6-12-5)10(4)9(7)3/h6H2,1-5H3. The molecule has 0 saturated heterocycles. The Labute approximate surface area is 73.9 Å². The van der Waals surface area contributed by atoms with Crippen molar-refractivity contribution in [1.29, 1.82) is 0 Å². The number of methoxy groups -OCH3 is 1. The van der Waals surface area contributed by atoms with Crippen molar-refractivity contribution in [3.8, 4) is 0 Å². The van der Waals surface area contributed by atoms with Crippen LogP contribution < -0.4 is 0 Å². The molecule has 0 spiro atoms. The Hall–Kier alpha value is -0.740. The quantitative estimate of drug-likeness (QED) is 0.613. The second-order valence-corrected chi connectivity index (χ2v) is 3.00. The molecule has 0 bridgehead atoms. The molecule has 0 saturated carbocycles. The van der Waals surface area contributed by atoms with E-state index in [4.69, 9.17) is 4.74 Å². The number of ether oxygens (including phenoxy) is 1. The Morgan fingerprint density at radius 2 is 1.75 bits per heavy atom. The van der Waals surface area contributed by atoms with Gasteiger partial charge in [-0.05, 0) is 13.8 Å². The molecule has 0 aliphatic carbocycles. The summed E-state index contributed by atoms with van der Waals surface area (Å²) in [6.45, 7) is 4.79. The number of nitrogens with zero attached hydrogens (tertiary/aromatic N) is 3. The van der Waals surface area contributed by atoms with Crippen molar-refractivity contribution in [3.05, 3.63) is 11.4 Å². The molecule has 0 aromatic carbocycles. The van der Waals surface area contributed by atoms with Crippen molar-refractivity contribution in [2.75, 3.05) is 27.9 Å². The molecule has 70 valence electrons.